The van der Waals surface area contributed by atoms with E-state index < -0.39 is 0 Å². The van der Waals surface area contributed by atoms with Crippen LogP contribution in [0, 0.1) is 0 Å². The Morgan fingerprint density at radius 3 is 3.09 bits per heavy atom. The first-order valence-corrected chi connectivity index (χ1v) is 7.25. The maximum Gasteiger partial charge on any atom is 0.153 e. The van der Waals surface area contributed by atoms with Gasteiger partial charge >= 0.3 is 0 Å². The summed E-state index contributed by atoms with van der Waals surface area (Å²) in [5.74, 6) is 1.16. The molecule has 0 amide bonds. The number of nitrogens with zero attached hydrogens (tertiary/aromatic N) is 4. The fourth-order valence-corrected chi connectivity index (χ4v) is 2.76. The summed E-state index contributed by atoms with van der Waals surface area (Å²) in [4.78, 5) is 6.40. The summed E-state index contributed by atoms with van der Waals surface area (Å²) in [6.07, 6.45) is 3.51. The number of phenolic OH excluding ortho intramolecular Hbond substituents is 1. The predicted octanol–water partition coefficient (Wildman–Crippen LogP) is 2.01. The standard InChI is InChI=1S/C16H16N4O2/c21-13-3-1-2-12(10-13)14-11-19(8-9-22-14)16-5-4-15-17-6-7-20(15)18-16/h1-7,10,14,21H,8-9,11H2. The molecule has 6 nitrogen and oxygen atoms in total. The number of aromatic hydroxyl groups is 1. The Hall–Kier alpha value is -2.60. The van der Waals surface area contributed by atoms with Gasteiger partial charge in [0.1, 0.15) is 17.7 Å². The van der Waals surface area contributed by atoms with Crippen molar-refractivity contribution < 1.29 is 9.84 Å². The lowest BCUT2D eigenvalue weighted by atomic mass is 10.1. The summed E-state index contributed by atoms with van der Waals surface area (Å²) in [5.41, 5.74) is 1.81. The number of morpholine rings is 1. The molecule has 0 saturated carbocycles. The number of aromatic nitrogens is 3. The van der Waals surface area contributed by atoms with Crippen molar-refractivity contribution in [1.29, 1.82) is 0 Å². The van der Waals surface area contributed by atoms with Gasteiger partial charge in [0.25, 0.3) is 0 Å². The lowest BCUT2D eigenvalue weighted by Gasteiger charge is -2.33. The molecule has 22 heavy (non-hydrogen) atoms. The monoisotopic (exact) mass is 296 g/mol. The number of rotatable bonds is 2. The third kappa shape index (κ3) is 2.37. The number of phenols is 1. The minimum absolute atomic E-state index is 0.0684. The van der Waals surface area contributed by atoms with E-state index in [4.69, 9.17) is 4.74 Å². The van der Waals surface area contributed by atoms with Gasteiger partial charge in [0.2, 0.25) is 0 Å². The Morgan fingerprint density at radius 2 is 2.18 bits per heavy atom. The van der Waals surface area contributed by atoms with E-state index in [9.17, 15) is 5.11 Å². The first-order chi connectivity index (χ1) is 10.8. The maximum absolute atomic E-state index is 9.63. The van der Waals surface area contributed by atoms with Gasteiger partial charge in [-0.3, -0.25) is 0 Å². The van der Waals surface area contributed by atoms with Gasteiger partial charge in [-0.1, -0.05) is 12.1 Å². The number of ether oxygens (including phenoxy) is 1. The van der Waals surface area contributed by atoms with Gasteiger partial charge in [-0.2, -0.15) is 0 Å². The smallest absolute Gasteiger partial charge is 0.153 e. The van der Waals surface area contributed by atoms with Crippen molar-refractivity contribution in [3.63, 3.8) is 0 Å². The van der Waals surface area contributed by atoms with E-state index in [0.29, 0.717) is 13.2 Å². The van der Waals surface area contributed by atoms with Crippen molar-refractivity contribution in [3.05, 3.63) is 54.4 Å². The molecule has 1 unspecified atom stereocenters. The van der Waals surface area contributed by atoms with Crippen LogP contribution in [-0.2, 0) is 4.74 Å². The third-order valence-corrected chi connectivity index (χ3v) is 3.87. The van der Waals surface area contributed by atoms with Crippen LogP contribution in [0.25, 0.3) is 5.65 Å². The van der Waals surface area contributed by atoms with E-state index >= 15 is 0 Å². The second kappa shape index (κ2) is 5.31. The molecule has 0 radical (unpaired) electrons. The summed E-state index contributed by atoms with van der Waals surface area (Å²) >= 11 is 0. The largest absolute Gasteiger partial charge is 0.508 e. The maximum atomic E-state index is 9.63. The highest BCUT2D eigenvalue weighted by Crippen LogP contribution is 2.27. The van der Waals surface area contributed by atoms with Crippen molar-refractivity contribution in [3.8, 4) is 5.75 Å². The van der Waals surface area contributed by atoms with Crippen LogP contribution in [0.4, 0.5) is 5.82 Å². The minimum atomic E-state index is -0.0684. The summed E-state index contributed by atoms with van der Waals surface area (Å²) < 4.78 is 7.62. The molecular formula is C16H16N4O2. The van der Waals surface area contributed by atoms with Crippen molar-refractivity contribution in [2.24, 2.45) is 0 Å². The van der Waals surface area contributed by atoms with Crippen molar-refractivity contribution in [2.75, 3.05) is 24.6 Å². The van der Waals surface area contributed by atoms with Gasteiger partial charge < -0.3 is 14.7 Å². The number of anilines is 1. The van der Waals surface area contributed by atoms with Crippen LogP contribution in [0.3, 0.4) is 0 Å². The Labute approximate surface area is 127 Å². The fourth-order valence-electron chi connectivity index (χ4n) is 2.76. The molecule has 1 saturated heterocycles. The van der Waals surface area contributed by atoms with Crippen LogP contribution in [0.1, 0.15) is 11.7 Å². The second-order valence-electron chi connectivity index (χ2n) is 5.32. The van der Waals surface area contributed by atoms with Crippen LogP contribution in [0.5, 0.6) is 5.75 Å². The molecule has 1 atom stereocenters. The third-order valence-electron chi connectivity index (χ3n) is 3.87. The Morgan fingerprint density at radius 1 is 1.23 bits per heavy atom. The van der Waals surface area contributed by atoms with Crippen molar-refractivity contribution >= 4 is 11.5 Å². The lowest BCUT2D eigenvalue weighted by molar-refractivity contribution is 0.0393. The summed E-state index contributed by atoms with van der Waals surface area (Å²) in [6.45, 7) is 2.13. The topological polar surface area (TPSA) is 62.9 Å². The normalized spacial score (nSPS) is 18.7. The van der Waals surface area contributed by atoms with E-state index in [0.717, 1.165) is 23.6 Å². The molecule has 1 aliphatic heterocycles. The zero-order valence-electron chi connectivity index (χ0n) is 12.0. The van der Waals surface area contributed by atoms with Gasteiger partial charge in [-0.15, -0.1) is 5.10 Å². The molecule has 3 aromatic rings. The lowest BCUT2D eigenvalue weighted by Crippen LogP contribution is -2.39. The Balaban J connectivity index is 1.60. The van der Waals surface area contributed by atoms with Crippen molar-refractivity contribution in [2.45, 2.75) is 6.10 Å². The molecule has 3 heterocycles. The number of hydrogen-bond donors (Lipinski definition) is 1. The van der Waals surface area contributed by atoms with Crippen LogP contribution < -0.4 is 4.90 Å². The number of imidazole rings is 1. The second-order valence-corrected chi connectivity index (χ2v) is 5.32. The number of fused-ring (bicyclic) bond motifs is 1. The first kappa shape index (κ1) is 13.1. The molecule has 6 heteroatoms. The van der Waals surface area contributed by atoms with Crippen LogP contribution >= 0.6 is 0 Å². The van der Waals surface area contributed by atoms with E-state index in [1.807, 2.05) is 30.5 Å². The molecule has 0 aliphatic carbocycles. The highest BCUT2D eigenvalue weighted by molar-refractivity contribution is 5.46. The zero-order valence-corrected chi connectivity index (χ0v) is 12.0. The zero-order chi connectivity index (χ0) is 14.9. The first-order valence-electron chi connectivity index (χ1n) is 7.25. The van der Waals surface area contributed by atoms with Gasteiger partial charge in [0, 0.05) is 25.5 Å². The summed E-state index contributed by atoms with van der Waals surface area (Å²) in [5, 5.41) is 14.2. The molecule has 1 N–H and O–H groups in total. The molecule has 4 rings (SSSR count). The van der Waals surface area contributed by atoms with E-state index in [-0.39, 0.29) is 11.9 Å². The van der Waals surface area contributed by atoms with Crippen molar-refractivity contribution in [1.82, 2.24) is 14.6 Å². The van der Waals surface area contributed by atoms with Gasteiger partial charge in [0.15, 0.2) is 5.65 Å². The molecule has 1 aromatic carbocycles. The predicted molar refractivity (Wildman–Crippen MR) is 82.0 cm³/mol. The molecule has 0 bridgehead atoms. The summed E-state index contributed by atoms with van der Waals surface area (Å²) in [6, 6.07) is 11.2. The van der Waals surface area contributed by atoms with Gasteiger partial charge in [-0.25, -0.2) is 9.50 Å². The highest BCUT2D eigenvalue weighted by Gasteiger charge is 2.23. The average molecular weight is 296 g/mol. The van der Waals surface area contributed by atoms with Gasteiger partial charge in [0.05, 0.1) is 6.61 Å². The fraction of sp³-hybridized carbons (Fsp3) is 0.250. The van der Waals surface area contributed by atoms with E-state index in [2.05, 4.69) is 15.0 Å². The SMILES string of the molecule is Oc1cccc(C2CN(c3ccc4nccn4n3)CCO2)c1. The molecular weight excluding hydrogens is 280 g/mol. The number of hydrogen-bond acceptors (Lipinski definition) is 5. The van der Waals surface area contributed by atoms with E-state index in [1.165, 1.54) is 0 Å². The van der Waals surface area contributed by atoms with E-state index in [1.54, 1.807) is 22.8 Å². The minimum Gasteiger partial charge on any atom is -0.508 e. The quantitative estimate of drug-likeness (QED) is 0.784. The average Bonchev–Trinajstić information content (AvgIpc) is 3.02. The molecule has 1 aliphatic rings. The molecule has 0 spiro atoms. The van der Waals surface area contributed by atoms with Crippen LogP contribution in [0.2, 0.25) is 0 Å². The molecule has 2 aromatic heterocycles. The van der Waals surface area contributed by atoms with Crippen LogP contribution in [0.15, 0.2) is 48.8 Å². The highest BCUT2D eigenvalue weighted by atomic mass is 16.5. The summed E-state index contributed by atoms with van der Waals surface area (Å²) in [7, 11) is 0. The Bertz CT molecular complexity index is 801. The molecule has 1 fully saturated rings. The van der Waals surface area contributed by atoms with Gasteiger partial charge in [-0.05, 0) is 29.8 Å². The molecule has 112 valence electrons. The number of benzene rings is 1. The Kier molecular flexibility index (Phi) is 3.16. The van der Waals surface area contributed by atoms with Crippen LogP contribution in [-0.4, -0.2) is 39.4 Å².